The summed E-state index contributed by atoms with van der Waals surface area (Å²) in [5.74, 6) is -1.11. The highest BCUT2D eigenvalue weighted by Crippen LogP contribution is 2.19. The van der Waals surface area contributed by atoms with E-state index in [2.05, 4.69) is 10.6 Å². The maximum absolute atomic E-state index is 12.3. The SMILES string of the molecule is Cc1cccc(C)c1NC(=O)C(C)OC(=O)CCCNC(=O)c1ccc(Cl)cc1. The molecular formula is C22H25ClN2O4. The summed E-state index contributed by atoms with van der Waals surface area (Å²) in [5.41, 5.74) is 3.10. The lowest BCUT2D eigenvalue weighted by Crippen LogP contribution is -2.31. The van der Waals surface area contributed by atoms with Gasteiger partial charge in [-0.15, -0.1) is 0 Å². The summed E-state index contributed by atoms with van der Waals surface area (Å²) in [6, 6.07) is 12.2. The number of carbonyl (C=O) groups excluding carboxylic acids is 3. The molecule has 6 nitrogen and oxygen atoms in total. The van der Waals surface area contributed by atoms with Gasteiger partial charge in [-0.3, -0.25) is 14.4 Å². The van der Waals surface area contributed by atoms with Crippen molar-refractivity contribution in [3.63, 3.8) is 0 Å². The van der Waals surface area contributed by atoms with Crippen LogP contribution in [0.25, 0.3) is 0 Å². The minimum Gasteiger partial charge on any atom is -0.453 e. The molecule has 0 saturated heterocycles. The van der Waals surface area contributed by atoms with Gasteiger partial charge < -0.3 is 15.4 Å². The summed E-state index contributed by atoms with van der Waals surface area (Å²) in [5, 5.41) is 6.09. The molecule has 0 aliphatic heterocycles. The van der Waals surface area contributed by atoms with Gasteiger partial charge in [-0.05, 0) is 62.6 Å². The van der Waals surface area contributed by atoms with Crippen LogP contribution in [0.1, 0.15) is 41.3 Å². The smallest absolute Gasteiger partial charge is 0.306 e. The predicted octanol–water partition coefficient (Wildman–Crippen LogP) is 4.04. The molecule has 0 saturated carbocycles. The fourth-order valence-electron chi connectivity index (χ4n) is 2.68. The number of halogens is 1. The molecule has 2 rings (SSSR count). The van der Waals surface area contributed by atoms with Gasteiger partial charge >= 0.3 is 5.97 Å². The molecule has 2 N–H and O–H groups in total. The first-order chi connectivity index (χ1) is 13.8. The monoisotopic (exact) mass is 416 g/mol. The van der Waals surface area contributed by atoms with Crippen molar-refractivity contribution in [3.05, 3.63) is 64.2 Å². The second-order valence-corrected chi connectivity index (χ2v) is 7.19. The molecule has 0 aliphatic rings. The van der Waals surface area contributed by atoms with E-state index in [0.717, 1.165) is 16.8 Å². The minimum atomic E-state index is -0.912. The lowest BCUT2D eigenvalue weighted by atomic mass is 10.1. The highest BCUT2D eigenvalue weighted by atomic mass is 35.5. The van der Waals surface area contributed by atoms with Crippen LogP contribution in [-0.2, 0) is 14.3 Å². The number of hydrogen-bond donors (Lipinski definition) is 2. The molecule has 0 radical (unpaired) electrons. The van der Waals surface area contributed by atoms with Crippen LogP contribution >= 0.6 is 11.6 Å². The second-order valence-electron chi connectivity index (χ2n) is 6.75. The normalized spacial score (nSPS) is 11.4. The maximum atomic E-state index is 12.3. The fraction of sp³-hybridized carbons (Fsp3) is 0.318. The van der Waals surface area contributed by atoms with Crippen LogP contribution in [0.3, 0.4) is 0 Å². The Morgan fingerprint density at radius 1 is 1.03 bits per heavy atom. The van der Waals surface area contributed by atoms with E-state index in [1.807, 2.05) is 32.0 Å². The van der Waals surface area contributed by atoms with Gasteiger partial charge in [0.15, 0.2) is 6.10 Å². The zero-order valence-electron chi connectivity index (χ0n) is 16.8. The zero-order valence-corrected chi connectivity index (χ0v) is 17.5. The van der Waals surface area contributed by atoms with Crippen LogP contribution in [0, 0.1) is 13.8 Å². The first kappa shape index (κ1) is 22.4. The number of esters is 1. The third-order valence-corrected chi connectivity index (χ3v) is 4.61. The van der Waals surface area contributed by atoms with Crippen molar-refractivity contribution in [2.45, 2.75) is 39.7 Å². The second kappa shape index (κ2) is 10.6. The Morgan fingerprint density at radius 3 is 2.28 bits per heavy atom. The van der Waals surface area contributed by atoms with Crippen molar-refractivity contribution in [2.24, 2.45) is 0 Å². The molecule has 7 heteroatoms. The molecule has 0 aliphatic carbocycles. The van der Waals surface area contributed by atoms with Gasteiger partial charge in [0.1, 0.15) is 0 Å². The molecule has 0 bridgehead atoms. The standard InChI is InChI=1S/C22H25ClN2O4/c1-14-6-4-7-15(2)20(14)25-21(27)16(3)29-19(26)8-5-13-24-22(28)17-9-11-18(23)12-10-17/h4,6-7,9-12,16H,5,8,13H2,1-3H3,(H,24,28)(H,25,27). The van der Waals surface area contributed by atoms with Crippen LogP contribution in [0.2, 0.25) is 5.02 Å². The van der Waals surface area contributed by atoms with E-state index in [1.54, 1.807) is 24.3 Å². The number of carbonyl (C=O) groups is 3. The van der Waals surface area contributed by atoms with E-state index in [4.69, 9.17) is 16.3 Å². The molecule has 0 fully saturated rings. The van der Waals surface area contributed by atoms with Crippen molar-refractivity contribution in [1.29, 1.82) is 0 Å². The third kappa shape index (κ3) is 6.91. The van der Waals surface area contributed by atoms with E-state index in [-0.39, 0.29) is 18.2 Å². The lowest BCUT2D eigenvalue weighted by Gasteiger charge is -2.16. The Morgan fingerprint density at radius 2 is 1.66 bits per heavy atom. The van der Waals surface area contributed by atoms with Crippen LogP contribution in [0.5, 0.6) is 0 Å². The summed E-state index contributed by atoms with van der Waals surface area (Å²) in [4.78, 5) is 36.2. The molecule has 1 unspecified atom stereocenters. The Hall–Kier alpha value is -2.86. The van der Waals surface area contributed by atoms with Crippen molar-refractivity contribution in [1.82, 2.24) is 5.32 Å². The quantitative estimate of drug-likeness (QED) is 0.502. The van der Waals surface area contributed by atoms with Gasteiger partial charge in [0, 0.05) is 29.2 Å². The van der Waals surface area contributed by atoms with Crippen LogP contribution in [-0.4, -0.2) is 30.4 Å². The Labute approximate surface area is 175 Å². The minimum absolute atomic E-state index is 0.0991. The molecule has 29 heavy (non-hydrogen) atoms. The number of anilines is 1. The van der Waals surface area contributed by atoms with Crippen molar-refractivity contribution >= 4 is 35.1 Å². The van der Waals surface area contributed by atoms with Gasteiger partial charge in [-0.1, -0.05) is 29.8 Å². The van der Waals surface area contributed by atoms with E-state index >= 15 is 0 Å². The molecular weight excluding hydrogens is 392 g/mol. The zero-order chi connectivity index (χ0) is 21.4. The van der Waals surface area contributed by atoms with E-state index in [1.165, 1.54) is 6.92 Å². The Balaban J connectivity index is 1.72. The topological polar surface area (TPSA) is 84.5 Å². The molecule has 2 amide bonds. The van der Waals surface area contributed by atoms with Gasteiger partial charge in [-0.25, -0.2) is 0 Å². The number of amides is 2. The first-order valence-electron chi connectivity index (χ1n) is 9.38. The summed E-state index contributed by atoms with van der Waals surface area (Å²) in [6.07, 6.45) is -0.407. The molecule has 0 spiro atoms. The summed E-state index contributed by atoms with van der Waals surface area (Å²) in [7, 11) is 0. The van der Waals surface area contributed by atoms with Gasteiger partial charge in [-0.2, -0.15) is 0 Å². The molecule has 0 heterocycles. The van der Waals surface area contributed by atoms with Gasteiger partial charge in [0.05, 0.1) is 0 Å². The van der Waals surface area contributed by atoms with E-state index < -0.39 is 12.1 Å². The average molecular weight is 417 g/mol. The molecule has 154 valence electrons. The number of hydrogen-bond acceptors (Lipinski definition) is 4. The maximum Gasteiger partial charge on any atom is 0.306 e. The molecule has 1 atom stereocenters. The van der Waals surface area contributed by atoms with E-state index in [9.17, 15) is 14.4 Å². The number of benzene rings is 2. The number of rotatable bonds is 8. The van der Waals surface area contributed by atoms with Crippen molar-refractivity contribution < 1.29 is 19.1 Å². The van der Waals surface area contributed by atoms with Crippen molar-refractivity contribution in [2.75, 3.05) is 11.9 Å². The van der Waals surface area contributed by atoms with Crippen LogP contribution in [0.15, 0.2) is 42.5 Å². The number of ether oxygens (including phenoxy) is 1. The largest absolute Gasteiger partial charge is 0.453 e. The number of nitrogens with one attached hydrogen (secondary N) is 2. The fourth-order valence-corrected chi connectivity index (χ4v) is 2.81. The highest BCUT2D eigenvalue weighted by molar-refractivity contribution is 6.30. The third-order valence-electron chi connectivity index (χ3n) is 4.36. The predicted molar refractivity (Wildman–Crippen MR) is 113 cm³/mol. The lowest BCUT2D eigenvalue weighted by molar-refractivity contribution is -0.153. The number of aryl methyl sites for hydroxylation is 2. The van der Waals surface area contributed by atoms with Crippen LogP contribution in [0.4, 0.5) is 5.69 Å². The average Bonchev–Trinajstić information content (AvgIpc) is 2.68. The van der Waals surface area contributed by atoms with Gasteiger partial charge in [0.2, 0.25) is 0 Å². The Kier molecular flexibility index (Phi) is 8.21. The summed E-state index contributed by atoms with van der Waals surface area (Å²) >= 11 is 5.79. The molecule has 2 aromatic rings. The molecule has 2 aromatic carbocycles. The molecule has 0 aromatic heterocycles. The van der Waals surface area contributed by atoms with E-state index in [0.29, 0.717) is 23.6 Å². The highest BCUT2D eigenvalue weighted by Gasteiger charge is 2.19. The Bertz CT molecular complexity index is 861. The first-order valence-corrected chi connectivity index (χ1v) is 9.76. The summed E-state index contributed by atoms with van der Waals surface area (Å²) < 4.78 is 5.19. The summed E-state index contributed by atoms with van der Waals surface area (Å²) in [6.45, 7) is 5.65. The van der Waals surface area contributed by atoms with Crippen molar-refractivity contribution in [3.8, 4) is 0 Å². The van der Waals surface area contributed by atoms with Crippen LogP contribution < -0.4 is 10.6 Å². The number of para-hydroxylation sites is 1. The van der Waals surface area contributed by atoms with Gasteiger partial charge in [0.25, 0.3) is 11.8 Å².